The van der Waals surface area contributed by atoms with Gasteiger partial charge in [0.1, 0.15) is 18.1 Å². The molecular weight excluding hydrogens is 435 g/mol. The number of hydrogen-bond donors (Lipinski definition) is 2. The minimum atomic E-state index is -4.55. The van der Waals surface area contributed by atoms with E-state index >= 15 is 0 Å². The number of nitrogens with zero attached hydrogens (tertiary/aromatic N) is 1. The van der Waals surface area contributed by atoms with Crippen LogP contribution in [0.3, 0.4) is 0 Å². The number of ether oxygens (including phenoxy) is 3. The van der Waals surface area contributed by atoms with Crippen LogP contribution in [0.25, 0.3) is 11.0 Å². The predicted octanol–water partition coefficient (Wildman–Crippen LogP) is 4.35. The van der Waals surface area contributed by atoms with Crippen LogP contribution in [0.2, 0.25) is 0 Å². The van der Waals surface area contributed by atoms with Gasteiger partial charge < -0.3 is 24.5 Å². The third-order valence-corrected chi connectivity index (χ3v) is 5.01. The lowest BCUT2D eigenvalue weighted by molar-refractivity contribution is -0.137. The Labute approximate surface area is 180 Å². The number of benzene rings is 2. The molecule has 0 saturated heterocycles. The SMILES string of the molecule is COCCOc1ccc(C(F)(F)F)cc1NC(=O)CSc1nc2ccc(OC)cc2[nH]1. The molecule has 11 heteroatoms. The van der Waals surface area contributed by atoms with E-state index < -0.39 is 17.6 Å². The lowest BCUT2D eigenvalue weighted by Crippen LogP contribution is -2.17. The first kappa shape index (κ1) is 22.8. The number of anilines is 1. The molecule has 0 fully saturated rings. The Kier molecular flexibility index (Phi) is 7.29. The van der Waals surface area contributed by atoms with Gasteiger partial charge in [0, 0.05) is 13.2 Å². The van der Waals surface area contributed by atoms with Crippen molar-refractivity contribution in [2.24, 2.45) is 0 Å². The lowest BCUT2D eigenvalue weighted by atomic mass is 10.1. The average molecular weight is 455 g/mol. The van der Waals surface area contributed by atoms with Crippen molar-refractivity contribution in [3.05, 3.63) is 42.0 Å². The molecule has 0 radical (unpaired) electrons. The zero-order valence-corrected chi connectivity index (χ0v) is 17.5. The lowest BCUT2D eigenvalue weighted by Gasteiger charge is -2.15. The molecule has 0 bridgehead atoms. The third kappa shape index (κ3) is 6.05. The van der Waals surface area contributed by atoms with Crippen LogP contribution in [-0.2, 0) is 15.7 Å². The standard InChI is InChI=1S/C20H20F3N3O4S/c1-28-7-8-30-17-6-3-12(20(21,22)23)9-16(17)24-18(27)11-31-19-25-14-5-4-13(29-2)10-15(14)26-19/h3-6,9-10H,7-8,11H2,1-2H3,(H,24,27)(H,25,26). The summed E-state index contributed by atoms with van der Waals surface area (Å²) < 4.78 is 54.7. The van der Waals surface area contributed by atoms with E-state index in [-0.39, 0.29) is 30.4 Å². The van der Waals surface area contributed by atoms with E-state index in [0.717, 1.165) is 29.4 Å². The molecule has 7 nitrogen and oxygen atoms in total. The first-order chi connectivity index (χ1) is 14.8. The Hall–Kier alpha value is -2.92. The second kappa shape index (κ2) is 9.92. The maximum Gasteiger partial charge on any atom is 0.416 e. The van der Waals surface area contributed by atoms with Crippen molar-refractivity contribution in [1.82, 2.24) is 9.97 Å². The summed E-state index contributed by atoms with van der Waals surface area (Å²) in [5, 5.41) is 2.98. The highest BCUT2D eigenvalue weighted by molar-refractivity contribution is 7.99. The molecule has 3 aromatic rings. The fourth-order valence-electron chi connectivity index (χ4n) is 2.65. The molecule has 0 aliphatic rings. The number of carbonyl (C=O) groups is 1. The number of carbonyl (C=O) groups excluding carboxylic acids is 1. The van der Waals surface area contributed by atoms with Crippen molar-refractivity contribution in [1.29, 1.82) is 0 Å². The predicted molar refractivity (Wildman–Crippen MR) is 111 cm³/mol. The van der Waals surface area contributed by atoms with Crippen LogP contribution in [0.4, 0.5) is 18.9 Å². The molecule has 31 heavy (non-hydrogen) atoms. The van der Waals surface area contributed by atoms with Crippen molar-refractivity contribution >= 4 is 34.4 Å². The smallest absolute Gasteiger partial charge is 0.416 e. The molecule has 1 aromatic heterocycles. The van der Waals surface area contributed by atoms with Crippen LogP contribution < -0.4 is 14.8 Å². The molecule has 0 aliphatic heterocycles. The summed E-state index contributed by atoms with van der Waals surface area (Å²) in [6.45, 7) is 0.378. The highest BCUT2D eigenvalue weighted by Gasteiger charge is 2.31. The Balaban J connectivity index is 1.69. The Morgan fingerprint density at radius 3 is 2.68 bits per heavy atom. The summed E-state index contributed by atoms with van der Waals surface area (Å²) in [6, 6.07) is 8.24. The molecule has 0 unspecified atom stereocenters. The van der Waals surface area contributed by atoms with E-state index in [1.54, 1.807) is 25.3 Å². The number of halogens is 3. The highest BCUT2D eigenvalue weighted by Crippen LogP contribution is 2.35. The number of hydrogen-bond acceptors (Lipinski definition) is 6. The summed E-state index contributed by atoms with van der Waals surface area (Å²) >= 11 is 1.12. The van der Waals surface area contributed by atoms with Crippen molar-refractivity contribution in [3.8, 4) is 11.5 Å². The monoisotopic (exact) mass is 455 g/mol. The van der Waals surface area contributed by atoms with Gasteiger partial charge in [-0.25, -0.2) is 4.98 Å². The van der Waals surface area contributed by atoms with Crippen molar-refractivity contribution < 1.29 is 32.2 Å². The summed E-state index contributed by atoms with van der Waals surface area (Å²) in [7, 11) is 3.03. The summed E-state index contributed by atoms with van der Waals surface area (Å²) in [5.74, 6) is 0.222. The summed E-state index contributed by atoms with van der Waals surface area (Å²) in [4.78, 5) is 19.8. The Morgan fingerprint density at radius 2 is 1.97 bits per heavy atom. The Bertz CT molecular complexity index is 1060. The van der Waals surface area contributed by atoms with Crippen LogP contribution in [0.15, 0.2) is 41.6 Å². The van der Waals surface area contributed by atoms with Gasteiger partial charge in [0.15, 0.2) is 5.16 Å². The van der Waals surface area contributed by atoms with Crippen molar-refractivity contribution in [2.45, 2.75) is 11.3 Å². The Morgan fingerprint density at radius 1 is 1.16 bits per heavy atom. The van der Waals surface area contributed by atoms with Gasteiger partial charge in [0.25, 0.3) is 0 Å². The number of nitrogens with one attached hydrogen (secondary N) is 2. The molecule has 1 amide bonds. The molecule has 166 valence electrons. The van der Waals surface area contributed by atoms with Crippen molar-refractivity contribution in [3.63, 3.8) is 0 Å². The van der Waals surface area contributed by atoms with Gasteiger partial charge in [-0.05, 0) is 30.3 Å². The van der Waals surface area contributed by atoms with Crippen molar-refractivity contribution in [2.75, 3.05) is 38.5 Å². The second-order valence-corrected chi connectivity index (χ2v) is 7.28. The van der Waals surface area contributed by atoms with E-state index in [4.69, 9.17) is 14.2 Å². The number of rotatable bonds is 9. The van der Waals surface area contributed by atoms with Crippen LogP contribution in [0.5, 0.6) is 11.5 Å². The first-order valence-corrected chi connectivity index (χ1v) is 10.1. The highest BCUT2D eigenvalue weighted by atomic mass is 32.2. The number of thioether (sulfide) groups is 1. The number of aromatic amines is 1. The van der Waals surface area contributed by atoms with Gasteiger partial charge in [-0.2, -0.15) is 13.2 Å². The fraction of sp³-hybridized carbons (Fsp3) is 0.300. The third-order valence-electron chi connectivity index (χ3n) is 4.13. The molecular formula is C20H20F3N3O4S. The van der Waals surface area contributed by atoms with E-state index in [2.05, 4.69) is 15.3 Å². The topological polar surface area (TPSA) is 85.5 Å². The zero-order chi connectivity index (χ0) is 22.4. The number of amides is 1. The minimum absolute atomic E-state index is 0.0640. The van der Waals surface area contributed by atoms with Crippen LogP contribution in [-0.4, -0.2) is 49.1 Å². The number of fused-ring (bicyclic) bond motifs is 1. The number of imidazole rings is 1. The van der Waals surface area contributed by atoms with Crippen LogP contribution in [0.1, 0.15) is 5.56 Å². The van der Waals surface area contributed by atoms with Gasteiger partial charge in [-0.3, -0.25) is 4.79 Å². The molecule has 0 aliphatic carbocycles. The van der Waals surface area contributed by atoms with Gasteiger partial charge in [-0.15, -0.1) is 0 Å². The molecule has 2 aromatic carbocycles. The first-order valence-electron chi connectivity index (χ1n) is 9.09. The zero-order valence-electron chi connectivity index (χ0n) is 16.7. The number of H-pyrrole nitrogens is 1. The maximum atomic E-state index is 13.1. The minimum Gasteiger partial charge on any atom is -0.497 e. The fourth-order valence-corrected chi connectivity index (χ4v) is 3.33. The largest absolute Gasteiger partial charge is 0.497 e. The van der Waals surface area contributed by atoms with Crippen LogP contribution >= 0.6 is 11.8 Å². The van der Waals surface area contributed by atoms with Crippen LogP contribution in [0, 0.1) is 0 Å². The van der Waals surface area contributed by atoms with E-state index in [9.17, 15) is 18.0 Å². The average Bonchev–Trinajstić information content (AvgIpc) is 3.14. The normalized spacial score (nSPS) is 11.5. The summed E-state index contributed by atoms with van der Waals surface area (Å²) in [6.07, 6.45) is -4.55. The maximum absolute atomic E-state index is 13.1. The summed E-state index contributed by atoms with van der Waals surface area (Å²) in [5.41, 5.74) is 0.496. The number of aromatic nitrogens is 2. The second-order valence-electron chi connectivity index (χ2n) is 6.31. The molecule has 0 saturated carbocycles. The van der Waals surface area contributed by atoms with E-state index in [1.807, 2.05) is 0 Å². The molecule has 1 heterocycles. The van der Waals surface area contributed by atoms with Gasteiger partial charge in [0.05, 0.1) is 41.8 Å². The van der Waals surface area contributed by atoms with Gasteiger partial charge >= 0.3 is 6.18 Å². The molecule has 2 N–H and O–H groups in total. The molecule has 0 spiro atoms. The number of methoxy groups -OCH3 is 2. The van der Waals surface area contributed by atoms with Gasteiger partial charge in [0.2, 0.25) is 5.91 Å². The molecule has 0 atom stereocenters. The number of alkyl halides is 3. The van der Waals surface area contributed by atoms with E-state index in [1.165, 1.54) is 13.2 Å². The molecule has 3 rings (SSSR count). The van der Waals surface area contributed by atoms with E-state index in [0.29, 0.717) is 16.4 Å². The van der Waals surface area contributed by atoms with Gasteiger partial charge in [-0.1, -0.05) is 11.8 Å². The quantitative estimate of drug-likeness (QED) is 0.369.